The molecular weight excluding hydrogens is 457 g/mol. The van der Waals surface area contributed by atoms with Crippen LogP contribution in [0, 0.1) is 23.1 Å². The van der Waals surface area contributed by atoms with Crippen LogP contribution in [0.2, 0.25) is 0 Å². The maximum atomic E-state index is 13.4. The van der Waals surface area contributed by atoms with E-state index in [2.05, 4.69) is 25.1 Å². The highest BCUT2D eigenvalue weighted by molar-refractivity contribution is 5.89. The molecule has 6 atom stereocenters. The second-order valence-electron chi connectivity index (χ2n) is 11.2. The molecule has 3 fully saturated rings. The van der Waals surface area contributed by atoms with Crippen molar-refractivity contribution in [3.63, 3.8) is 0 Å². The van der Waals surface area contributed by atoms with E-state index in [0.29, 0.717) is 36.7 Å². The maximum Gasteiger partial charge on any atom is 0.254 e. The van der Waals surface area contributed by atoms with Gasteiger partial charge < -0.3 is 14.4 Å². The Balaban J connectivity index is 1.11. The molecule has 0 unspecified atom stereocenters. The van der Waals surface area contributed by atoms with Crippen LogP contribution in [0.5, 0.6) is 5.75 Å². The van der Waals surface area contributed by atoms with Crippen LogP contribution in [0.4, 0.5) is 4.39 Å². The number of carbonyl (C=O) groups is 2. The number of fused-ring (bicyclic) bond motifs is 5. The Morgan fingerprint density at radius 2 is 1.86 bits per heavy atom. The average molecular weight is 492 g/mol. The molecule has 1 saturated heterocycles. The minimum absolute atomic E-state index is 0.0680. The number of rotatable bonds is 6. The van der Waals surface area contributed by atoms with Gasteiger partial charge in [0.05, 0.1) is 12.6 Å². The lowest BCUT2D eigenvalue weighted by Gasteiger charge is -2.48. The van der Waals surface area contributed by atoms with Crippen LogP contribution in [0.1, 0.15) is 67.7 Å². The molecule has 3 aliphatic carbocycles. The quantitative estimate of drug-likeness (QED) is 0.520. The van der Waals surface area contributed by atoms with Gasteiger partial charge in [0.15, 0.2) is 6.10 Å². The molecule has 1 heterocycles. The Bertz CT molecular complexity index is 1180. The second kappa shape index (κ2) is 8.98. The molecule has 0 aromatic heterocycles. The van der Waals surface area contributed by atoms with Gasteiger partial charge in [-0.05, 0) is 90.8 Å². The molecule has 1 aliphatic heterocycles. The standard InChI is InChI=1S/C30H34FNO4/c1-30-14-13-23-22-10-8-21(17-19(22)5-9-24(23)25(30)11-12-26(30)33)36-16-15-32-27(28(35-2)29(32)34)18-3-6-20(31)7-4-18/h3-4,6-8,10,17,23-25,27-28H,5,9,11-16H2,1-2H3/t23-,24-,25+,27-,28+,30+/m1/s1. The van der Waals surface area contributed by atoms with Crippen molar-refractivity contribution in [3.8, 4) is 5.75 Å². The molecule has 0 spiro atoms. The fraction of sp³-hybridized carbons (Fsp3) is 0.533. The van der Waals surface area contributed by atoms with Gasteiger partial charge in [-0.15, -0.1) is 0 Å². The smallest absolute Gasteiger partial charge is 0.254 e. The number of carbonyl (C=O) groups excluding carboxylic acids is 2. The lowest BCUT2D eigenvalue weighted by Crippen LogP contribution is -2.60. The first-order valence-electron chi connectivity index (χ1n) is 13.3. The summed E-state index contributed by atoms with van der Waals surface area (Å²) in [4.78, 5) is 26.9. The van der Waals surface area contributed by atoms with Crippen molar-refractivity contribution in [2.24, 2.45) is 17.3 Å². The number of aryl methyl sites for hydroxylation is 1. The van der Waals surface area contributed by atoms with Gasteiger partial charge in [0.2, 0.25) is 0 Å². The molecule has 4 aliphatic rings. The molecule has 5 nitrogen and oxygen atoms in total. The Morgan fingerprint density at radius 3 is 2.64 bits per heavy atom. The number of hydrogen-bond donors (Lipinski definition) is 0. The highest BCUT2D eigenvalue weighted by atomic mass is 19.1. The number of likely N-dealkylation sites (tertiary alicyclic amines) is 1. The Kier molecular flexibility index (Phi) is 5.90. The largest absolute Gasteiger partial charge is 0.492 e. The summed E-state index contributed by atoms with van der Waals surface area (Å²) in [6, 6.07) is 12.5. The molecule has 0 N–H and O–H groups in total. The monoisotopic (exact) mass is 491 g/mol. The number of methoxy groups -OCH3 is 1. The molecule has 2 aromatic rings. The van der Waals surface area contributed by atoms with Crippen LogP contribution in [0.15, 0.2) is 42.5 Å². The van der Waals surface area contributed by atoms with E-state index >= 15 is 0 Å². The van der Waals surface area contributed by atoms with E-state index in [-0.39, 0.29) is 23.2 Å². The summed E-state index contributed by atoms with van der Waals surface area (Å²) in [7, 11) is 1.53. The topological polar surface area (TPSA) is 55.8 Å². The van der Waals surface area contributed by atoms with E-state index in [9.17, 15) is 14.0 Å². The van der Waals surface area contributed by atoms with Gasteiger partial charge >= 0.3 is 0 Å². The van der Waals surface area contributed by atoms with Crippen molar-refractivity contribution in [1.82, 2.24) is 4.90 Å². The Labute approximate surface area is 212 Å². The number of Topliss-reactive ketones (excluding diaryl/α,β-unsaturated/α-hetero) is 1. The molecule has 0 radical (unpaired) electrons. The van der Waals surface area contributed by atoms with E-state index in [4.69, 9.17) is 9.47 Å². The van der Waals surface area contributed by atoms with Crippen molar-refractivity contribution in [2.45, 2.75) is 63.5 Å². The summed E-state index contributed by atoms with van der Waals surface area (Å²) in [5.41, 5.74) is 3.57. The summed E-state index contributed by atoms with van der Waals surface area (Å²) in [6.07, 6.45) is 5.56. The summed E-state index contributed by atoms with van der Waals surface area (Å²) < 4.78 is 24.9. The number of halogens is 1. The molecule has 6 rings (SSSR count). The van der Waals surface area contributed by atoms with Gasteiger partial charge in [-0.3, -0.25) is 9.59 Å². The number of benzene rings is 2. The van der Waals surface area contributed by atoms with Crippen molar-refractivity contribution in [2.75, 3.05) is 20.3 Å². The number of nitrogens with zero attached hydrogens (tertiary/aromatic N) is 1. The van der Waals surface area contributed by atoms with E-state index in [1.807, 2.05) is 0 Å². The summed E-state index contributed by atoms with van der Waals surface area (Å²) in [5, 5.41) is 0. The van der Waals surface area contributed by atoms with Crippen molar-refractivity contribution >= 4 is 11.7 Å². The highest BCUT2D eigenvalue weighted by Crippen LogP contribution is 2.59. The third-order valence-electron chi connectivity index (χ3n) is 9.62. The Morgan fingerprint density at radius 1 is 1.06 bits per heavy atom. The van der Waals surface area contributed by atoms with Crippen LogP contribution < -0.4 is 4.74 Å². The maximum absolute atomic E-state index is 13.4. The predicted octanol–water partition coefficient (Wildman–Crippen LogP) is 5.23. The third-order valence-corrected chi connectivity index (χ3v) is 9.62. The van der Waals surface area contributed by atoms with Gasteiger partial charge in [-0.25, -0.2) is 4.39 Å². The van der Waals surface area contributed by atoms with Gasteiger partial charge in [-0.1, -0.05) is 25.1 Å². The molecule has 6 heteroatoms. The lowest BCUT2D eigenvalue weighted by atomic mass is 9.55. The van der Waals surface area contributed by atoms with Crippen molar-refractivity contribution in [1.29, 1.82) is 0 Å². The number of ketones is 1. The molecule has 2 saturated carbocycles. The first kappa shape index (κ1) is 23.7. The lowest BCUT2D eigenvalue weighted by molar-refractivity contribution is -0.171. The first-order valence-corrected chi connectivity index (χ1v) is 13.3. The van der Waals surface area contributed by atoms with Crippen LogP contribution >= 0.6 is 0 Å². The molecule has 2 aromatic carbocycles. The van der Waals surface area contributed by atoms with Crippen LogP contribution in [-0.4, -0.2) is 43.0 Å². The van der Waals surface area contributed by atoms with E-state index in [1.54, 1.807) is 17.0 Å². The van der Waals surface area contributed by atoms with Gasteiger partial charge in [0.1, 0.15) is 24.0 Å². The summed E-state index contributed by atoms with van der Waals surface area (Å²) >= 11 is 0. The number of ether oxygens (including phenoxy) is 2. The fourth-order valence-corrected chi connectivity index (χ4v) is 7.69. The normalized spacial score (nSPS) is 33.0. The van der Waals surface area contributed by atoms with E-state index in [1.165, 1.54) is 30.4 Å². The number of β-lactam (4-membered cyclic amide) rings is 1. The molecular formula is C30H34FNO4. The Hall–Kier alpha value is -2.73. The van der Waals surface area contributed by atoms with Crippen molar-refractivity contribution < 1.29 is 23.5 Å². The van der Waals surface area contributed by atoms with E-state index in [0.717, 1.165) is 49.8 Å². The zero-order valence-electron chi connectivity index (χ0n) is 21.0. The number of hydrogen-bond acceptors (Lipinski definition) is 4. The summed E-state index contributed by atoms with van der Waals surface area (Å²) in [6.45, 7) is 3.04. The van der Waals surface area contributed by atoms with Crippen molar-refractivity contribution in [3.05, 3.63) is 65.0 Å². The second-order valence-corrected chi connectivity index (χ2v) is 11.2. The van der Waals surface area contributed by atoms with E-state index < -0.39 is 6.10 Å². The van der Waals surface area contributed by atoms with Gasteiger partial charge in [0, 0.05) is 18.9 Å². The molecule has 190 valence electrons. The zero-order valence-corrected chi connectivity index (χ0v) is 21.0. The van der Waals surface area contributed by atoms with Crippen LogP contribution in [0.3, 0.4) is 0 Å². The van der Waals surface area contributed by atoms with Gasteiger partial charge in [-0.2, -0.15) is 0 Å². The van der Waals surface area contributed by atoms with Gasteiger partial charge in [0.25, 0.3) is 5.91 Å². The first-order chi connectivity index (χ1) is 17.4. The molecule has 1 amide bonds. The predicted molar refractivity (Wildman–Crippen MR) is 133 cm³/mol. The minimum atomic E-state index is -0.542. The molecule has 0 bridgehead atoms. The molecule has 36 heavy (non-hydrogen) atoms. The third kappa shape index (κ3) is 3.68. The number of amides is 1. The average Bonchev–Trinajstić information content (AvgIpc) is 3.19. The van der Waals surface area contributed by atoms with Crippen LogP contribution in [0.25, 0.3) is 0 Å². The highest BCUT2D eigenvalue weighted by Gasteiger charge is 2.54. The zero-order chi connectivity index (χ0) is 25.0. The van der Waals surface area contributed by atoms with Crippen LogP contribution in [-0.2, 0) is 20.7 Å². The fourth-order valence-electron chi connectivity index (χ4n) is 7.69. The minimum Gasteiger partial charge on any atom is -0.492 e. The summed E-state index contributed by atoms with van der Waals surface area (Å²) in [5.74, 6) is 2.65. The SMILES string of the molecule is CO[C@@H]1C(=O)N(CCOc2ccc3c(c2)CC[C@@H]2[C@@H]3CC[C@]3(C)C(=O)CC[C@@H]23)[C@@H]1c1ccc(F)cc1.